The van der Waals surface area contributed by atoms with Gasteiger partial charge in [0.15, 0.2) is 0 Å². The average Bonchev–Trinajstić information content (AvgIpc) is 2.81. The van der Waals surface area contributed by atoms with E-state index in [0.717, 1.165) is 25.9 Å². The van der Waals surface area contributed by atoms with Crippen LogP contribution in [-0.2, 0) is 0 Å². The van der Waals surface area contributed by atoms with Crippen LogP contribution in [0.15, 0.2) is 18.2 Å². The zero-order valence-corrected chi connectivity index (χ0v) is 9.19. The van der Waals surface area contributed by atoms with Crippen molar-refractivity contribution in [2.24, 2.45) is 5.73 Å². The Morgan fingerprint density at radius 1 is 1.38 bits per heavy atom. The first-order valence-corrected chi connectivity index (χ1v) is 5.63. The summed E-state index contributed by atoms with van der Waals surface area (Å²) in [6, 6.07) is 4.47. The molecule has 1 heterocycles. The third kappa shape index (κ3) is 2.18. The van der Waals surface area contributed by atoms with E-state index < -0.39 is 6.04 Å². The molecule has 16 heavy (non-hydrogen) atoms. The molecule has 0 spiro atoms. The minimum atomic E-state index is -0.498. The first-order valence-electron chi connectivity index (χ1n) is 5.63. The van der Waals surface area contributed by atoms with Gasteiger partial charge >= 0.3 is 0 Å². The summed E-state index contributed by atoms with van der Waals surface area (Å²) in [4.78, 5) is 2.05. The van der Waals surface area contributed by atoms with E-state index in [0.29, 0.717) is 11.3 Å². The predicted octanol–water partition coefficient (Wildman–Crippen LogP) is 1.42. The van der Waals surface area contributed by atoms with Crippen LogP contribution in [0.4, 0.5) is 10.1 Å². The Balaban J connectivity index is 2.22. The lowest BCUT2D eigenvalue weighted by molar-refractivity contribution is 0.268. The van der Waals surface area contributed by atoms with Crippen molar-refractivity contribution in [2.45, 2.75) is 18.9 Å². The number of anilines is 1. The summed E-state index contributed by atoms with van der Waals surface area (Å²) in [6.45, 7) is 1.67. The summed E-state index contributed by atoms with van der Waals surface area (Å²) in [5, 5.41) is 8.90. The average molecular weight is 224 g/mol. The summed E-state index contributed by atoms with van der Waals surface area (Å²) in [7, 11) is 0. The third-order valence-corrected chi connectivity index (χ3v) is 3.04. The standard InChI is InChI=1S/C12H17FN2O/c13-10-7-9(11(14)8-16)3-4-12(10)15-5-1-2-6-15/h3-4,7,11,16H,1-2,5-6,8,14H2/t11-/m1/s1. The SMILES string of the molecule is N[C@H](CO)c1ccc(N2CCCC2)c(F)c1. The summed E-state index contributed by atoms with van der Waals surface area (Å²) < 4.78 is 13.8. The highest BCUT2D eigenvalue weighted by Crippen LogP contribution is 2.25. The molecule has 0 aromatic heterocycles. The van der Waals surface area contributed by atoms with Gasteiger partial charge in [-0.1, -0.05) is 6.07 Å². The fourth-order valence-corrected chi connectivity index (χ4v) is 2.07. The number of nitrogens with two attached hydrogens (primary N) is 1. The van der Waals surface area contributed by atoms with Gasteiger partial charge in [-0.2, -0.15) is 0 Å². The van der Waals surface area contributed by atoms with Crippen molar-refractivity contribution in [1.29, 1.82) is 0 Å². The predicted molar refractivity (Wildman–Crippen MR) is 61.9 cm³/mol. The largest absolute Gasteiger partial charge is 0.394 e. The molecule has 0 amide bonds. The number of rotatable bonds is 3. The van der Waals surface area contributed by atoms with E-state index in [9.17, 15) is 4.39 Å². The Morgan fingerprint density at radius 2 is 2.06 bits per heavy atom. The van der Waals surface area contributed by atoms with E-state index in [-0.39, 0.29) is 12.4 Å². The molecule has 0 saturated carbocycles. The summed E-state index contributed by atoms with van der Waals surface area (Å²) >= 11 is 0. The fraction of sp³-hybridized carbons (Fsp3) is 0.500. The first kappa shape index (κ1) is 11.4. The summed E-state index contributed by atoms with van der Waals surface area (Å²) in [6.07, 6.45) is 2.24. The molecule has 1 aliphatic rings. The van der Waals surface area contributed by atoms with E-state index >= 15 is 0 Å². The van der Waals surface area contributed by atoms with Crippen molar-refractivity contribution in [1.82, 2.24) is 0 Å². The van der Waals surface area contributed by atoms with Gasteiger partial charge in [0.05, 0.1) is 18.3 Å². The molecular formula is C12H17FN2O. The smallest absolute Gasteiger partial charge is 0.146 e. The van der Waals surface area contributed by atoms with Gasteiger partial charge in [0, 0.05) is 13.1 Å². The van der Waals surface area contributed by atoms with Crippen LogP contribution in [0.25, 0.3) is 0 Å². The maximum absolute atomic E-state index is 13.8. The number of hydrogen-bond donors (Lipinski definition) is 2. The number of aliphatic hydroxyl groups is 1. The molecule has 1 aromatic rings. The lowest BCUT2D eigenvalue weighted by Crippen LogP contribution is -2.20. The molecule has 1 aromatic carbocycles. The molecule has 0 aliphatic carbocycles. The molecule has 2 rings (SSSR count). The van der Waals surface area contributed by atoms with Crippen LogP contribution in [0.2, 0.25) is 0 Å². The van der Waals surface area contributed by atoms with Crippen molar-refractivity contribution >= 4 is 5.69 Å². The Bertz CT molecular complexity index is 364. The van der Waals surface area contributed by atoms with Gasteiger partial charge in [0.25, 0.3) is 0 Å². The van der Waals surface area contributed by atoms with Crippen LogP contribution < -0.4 is 10.6 Å². The van der Waals surface area contributed by atoms with E-state index in [1.807, 2.05) is 4.90 Å². The molecule has 1 aliphatic heterocycles. The molecule has 1 atom stereocenters. The third-order valence-electron chi connectivity index (χ3n) is 3.04. The van der Waals surface area contributed by atoms with Crippen LogP contribution in [0.3, 0.4) is 0 Å². The van der Waals surface area contributed by atoms with Gasteiger partial charge in [-0.05, 0) is 30.5 Å². The Hall–Kier alpha value is -1.13. The van der Waals surface area contributed by atoms with Gasteiger partial charge in [-0.25, -0.2) is 4.39 Å². The van der Waals surface area contributed by atoms with Crippen LogP contribution in [0, 0.1) is 5.82 Å². The number of halogens is 1. The molecule has 3 nitrogen and oxygen atoms in total. The van der Waals surface area contributed by atoms with Gasteiger partial charge in [-0.3, -0.25) is 0 Å². The number of benzene rings is 1. The number of nitrogens with zero attached hydrogens (tertiary/aromatic N) is 1. The van der Waals surface area contributed by atoms with E-state index in [1.54, 1.807) is 12.1 Å². The van der Waals surface area contributed by atoms with Crippen LogP contribution in [0.5, 0.6) is 0 Å². The minimum absolute atomic E-state index is 0.164. The molecule has 0 unspecified atom stereocenters. The number of hydrogen-bond acceptors (Lipinski definition) is 3. The van der Waals surface area contributed by atoms with Gasteiger partial charge in [0.2, 0.25) is 0 Å². The van der Waals surface area contributed by atoms with E-state index in [2.05, 4.69) is 0 Å². The molecule has 88 valence electrons. The lowest BCUT2D eigenvalue weighted by Gasteiger charge is -2.19. The van der Waals surface area contributed by atoms with Gasteiger partial charge in [0.1, 0.15) is 5.82 Å². The molecule has 0 radical (unpaired) electrons. The monoisotopic (exact) mass is 224 g/mol. The van der Waals surface area contributed by atoms with Gasteiger partial charge in [-0.15, -0.1) is 0 Å². The Kier molecular flexibility index (Phi) is 3.41. The highest BCUT2D eigenvalue weighted by atomic mass is 19.1. The summed E-state index contributed by atoms with van der Waals surface area (Å²) in [5.74, 6) is -0.247. The van der Waals surface area contributed by atoms with Crippen molar-refractivity contribution in [3.8, 4) is 0 Å². The lowest BCUT2D eigenvalue weighted by atomic mass is 10.1. The van der Waals surface area contributed by atoms with Crippen molar-refractivity contribution < 1.29 is 9.50 Å². The topological polar surface area (TPSA) is 49.5 Å². The molecule has 1 saturated heterocycles. The zero-order chi connectivity index (χ0) is 11.5. The highest BCUT2D eigenvalue weighted by Gasteiger charge is 2.17. The fourth-order valence-electron chi connectivity index (χ4n) is 2.07. The van der Waals surface area contributed by atoms with Crippen molar-refractivity contribution in [2.75, 3.05) is 24.6 Å². The normalized spacial score (nSPS) is 17.8. The molecule has 3 N–H and O–H groups in total. The minimum Gasteiger partial charge on any atom is -0.394 e. The molecular weight excluding hydrogens is 207 g/mol. The van der Waals surface area contributed by atoms with Crippen molar-refractivity contribution in [3.63, 3.8) is 0 Å². The summed E-state index contributed by atoms with van der Waals surface area (Å²) in [5.41, 5.74) is 6.92. The van der Waals surface area contributed by atoms with E-state index in [4.69, 9.17) is 10.8 Å². The maximum Gasteiger partial charge on any atom is 0.146 e. The second-order valence-corrected chi connectivity index (χ2v) is 4.19. The first-order chi connectivity index (χ1) is 7.72. The van der Waals surface area contributed by atoms with Crippen LogP contribution >= 0.6 is 0 Å². The Labute approximate surface area is 94.7 Å². The molecule has 4 heteroatoms. The number of aliphatic hydroxyl groups excluding tert-OH is 1. The van der Waals surface area contributed by atoms with E-state index in [1.165, 1.54) is 6.07 Å². The molecule has 0 bridgehead atoms. The second kappa shape index (κ2) is 4.80. The maximum atomic E-state index is 13.8. The quantitative estimate of drug-likeness (QED) is 0.816. The highest BCUT2D eigenvalue weighted by molar-refractivity contribution is 5.50. The molecule has 1 fully saturated rings. The second-order valence-electron chi connectivity index (χ2n) is 4.19. The van der Waals surface area contributed by atoms with Crippen LogP contribution in [-0.4, -0.2) is 24.8 Å². The zero-order valence-electron chi connectivity index (χ0n) is 9.19. The van der Waals surface area contributed by atoms with Crippen molar-refractivity contribution in [3.05, 3.63) is 29.6 Å². The Morgan fingerprint density at radius 3 is 2.62 bits per heavy atom. The van der Waals surface area contributed by atoms with Gasteiger partial charge < -0.3 is 15.7 Å². The van der Waals surface area contributed by atoms with Crippen LogP contribution in [0.1, 0.15) is 24.4 Å².